The lowest BCUT2D eigenvalue weighted by Gasteiger charge is -2.18. The van der Waals surface area contributed by atoms with E-state index < -0.39 is 0 Å². The summed E-state index contributed by atoms with van der Waals surface area (Å²) < 4.78 is 1.06. The number of halogens is 1. The number of aromatic nitrogens is 1. The third kappa shape index (κ3) is 2.62. The lowest BCUT2D eigenvalue weighted by atomic mass is 10.3. The predicted molar refractivity (Wildman–Crippen MR) is 73.1 cm³/mol. The minimum atomic E-state index is 0.900. The second-order valence-corrected chi connectivity index (χ2v) is 5.36. The summed E-state index contributed by atoms with van der Waals surface area (Å²) in [5, 5.41) is 4.27. The minimum Gasteiger partial charge on any atom is -0.355 e. The van der Waals surface area contributed by atoms with Gasteiger partial charge in [0.2, 0.25) is 0 Å². The smallest absolute Gasteiger partial charge is 0.128 e. The highest BCUT2D eigenvalue weighted by molar-refractivity contribution is 9.10. The van der Waals surface area contributed by atoms with E-state index in [-0.39, 0.29) is 0 Å². The van der Waals surface area contributed by atoms with Crippen molar-refractivity contribution in [2.45, 2.75) is 13.5 Å². The largest absolute Gasteiger partial charge is 0.355 e. The van der Waals surface area contributed by atoms with Crippen LogP contribution >= 0.6 is 27.3 Å². The molecule has 0 atom stereocenters. The van der Waals surface area contributed by atoms with Crippen LogP contribution < -0.4 is 4.90 Å². The Morgan fingerprint density at radius 2 is 2.19 bits per heavy atom. The molecule has 0 saturated carbocycles. The molecule has 0 spiro atoms. The molecule has 0 saturated heterocycles. The van der Waals surface area contributed by atoms with Crippen LogP contribution in [-0.2, 0) is 6.54 Å². The maximum absolute atomic E-state index is 4.54. The second-order valence-electron chi connectivity index (χ2n) is 3.72. The predicted octanol–water partition coefficient (Wildman–Crippen LogP) is 3.85. The molecule has 84 valence electrons. The Labute approximate surface area is 108 Å². The molecule has 0 aliphatic carbocycles. The highest BCUT2D eigenvalue weighted by Gasteiger charge is 2.05. The van der Waals surface area contributed by atoms with Crippen LogP contribution in [0, 0.1) is 6.92 Å². The van der Waals surface area contributed by atoms with Crippen molar-refractivity contribution in [1.29, 1.82) is 0 Å². The van der Waals surface area contributed by atoms with Crippen molar-refractivity contribution in [2.24, 2.45) is 0 Å². The number of nitrogens with zero attached hydrogens (tertiary/aromatic N) is 2. The summed E-state index contributed by atoms with van der Waals surface area (Å²) in [7, 11) is 2.06. The van der Waals surface area contributed by atoms with Gasteiger partial charge in [-0.2, -0.15) is 11.3 Å². The number of pyridine rings is 1. The molecule has 0 aromatic carbocycles. The molecule has 2 heterocycles. The van der Waals surface area contributed by atoms with Gasteiger partial charge in [0.05, 0.1) is 5.69 Å². The van der Waals surface area contributed by atoms with Gasteiger partial charge >= 0.3 is 0 Å². The molecule has 0 radical (unpaired) electrons. The van der Waals surface area contributed by atoms with Gasteiger partial charge in [-0.1, -0.05) is 0 Å². The number of aryl methyl sites for hydroxylation is 1. The lowest BCUT2D eigenvalue weighted by molar-refractivity contribution is 0.894. The monoisotopic (exact) mass is 296 g/mol. The van der Waals surface area contributed by atoms with Crippen LogP contribution in [0.5, 0.6) is 0 Å². The minimum absolute atomic E-state index is 0.900. The summed E-state index contributed by atoms with van der Waals surface area (Å²) in [5.74, 6) is 1.01. The Morgan fingerprint density at radius 1 is 1.38 bits per heavy atom. The van der Waals surface area contributed by atoms with Gasteiger partial charge in [0.25, 0.3) is 0 Å². The van der Waals surface area contributed by atoms with E-state index in [4.69, 9.17) is 0 Å². The van der Waals surface area contributed by atoms with E-state index in [0.717, 1.165) is 22.5 Å². The van der Waals surface area contributed by atoms with Crippen molar-refractivity contribution >= 4 is 33.1 Å². The van der Waals surface area contributed by atoms with Gasteiger partial charge in [-0.25, -0.2) is 4.98 Å². The Bertz CT molecular complexity index is 468. The van der Waals surface area contributed by atoms with Crippen molar-refractivity contribution in [3.05, 3.63) is 44.7 Å². The zero-order chi connectivity index (χ0) is 11.5. The molecule has 0 aliphatic rings. The van der Waals surface area contributed by atoms with Crippen LogP contribution in [0.25, 0.3) is 0 Å². The highest BCUT2D eigenvalue weighted by atomic mass is 79.9. The molecular formula is C12H13BrN2S. The third-order valence-corrected chi connectivity index (χ3v) is 3.97. The van der Waals surface area contributed by atoms with Gasteiger partial charge in [-0.3, -0.25) is 0 Å². The molecule has 2 nitrogen and oxygen atoms in total. The van der Waals surface area contributed by atoms with Crippen LogP contribution in [0.2, 0.25) is 0 Å². The number of hydrogen-bond donors (Lipinski definition) is 0. The molecule has 2 rings (SSSR count). The standard InChI is InChI=1S/C12H13BrN2S/c1-9-11(13)3-4-12(14-9)15(2)7-10-5-6-16-8-10/h3-6,8H,7H2,1-2H3. The number of rotatable bonds is 3. The topological polar surface area (TPSA) is 16.1 Å². The van der Waals surface area contributed by atoms with E-state index in [2.05, 4.69) is 49.7 Å². The summed E-state index contributed by atoms with van der Waals surface area (Å²) in [6.45, 7) is 2.91. The second kappa shape index (κ2) is 4.97. The summed E-state index contributed by atoms with van der Waals surface area (Å²) >= 11 is 5.19. The first-order valence-electron chi connectivity index (χ1n) is 5.02. The Balaban J connectivity index is 2.14. The molecule has 0 N–H and O–H groups in total. The fourth-order valence-corrected chi connectivity index (χ4v) is 2.36. The van der Waals surface area contributed by atoms with Gasteiger partial charge in [-0.05, 0) is 57.4 Å². The van der Waals surface area contributed by atoms with Crippen molar-refractivity contribution < 1.29 is 0 Å². The lowest BCUT2D eigenvalue weighted by Crippen LogP contribution is -2.17. The van der Waals surface area contributed by atoms with Crippen molar-refractivity contribution in [3.63, 3.8) is 0 Å². The molecule has 0 fully saturated rings. The molecule has 4 heteroatoms. The van der Waals surface area contributed by atoms with Gasteiger partial charge < -0.3 is 4.90 Å². The Kier molecular flexibility index (Phi) is 3.61. The Hall–Kier alpha value is -0.870. The average molecular weight is 297 g/mol. The average Bonchev–Trinajstić information content (AvgIpc) is 2.74. The maximum atomic E-state index is 4.54. The molecule has 16 heavy (non-hydrogen) atoms. The molecule has 0 unspecified atom stereocenters. The zero-order valence-electron chi connectivity index (χ0n) is 9.27. The van der Waals surface area contributed by atoms with Gasteiger partial charge in [0.15, 0.2) is 0 Å². The van der Waals surface area contributed by atoms with Crippen LogP contribution in [-0.4, -0.2) is 12.0 Å². The molecular weight excluding hydrogens is 284 g/mol. The van der Waals surface area contributed by atoms with E-state index in [9.17, 15) is 0 Å². The highest BCUT2D eigenvalue weighted by Crippen LogP contribution is 2.20. The summed E-state index contributed by atoms with van der Waals surface area (Å²) in [5.41, 5.74) is 2.35. The van der Waals surface area contributed by atoms with E-state index in [1.807, 2.05) is 19.1 Å². The third-order valence-electron chi connectivity index (χ3n) is 2.40. The van der Waals surface area contributed by atoms with Crippen LogP contribution in [0.15, 0.2) is 33.4 Å². The molecule has 0 aliphatic heterocycles. The van der Waals surface area contributed by atoms with E-state index in [1.165, 1.54) is 5.56 Å². The van der Waals surface area contributed by atoms with Crippen molar-refractivity contribution in [2.75, 3.05) is 11.9 Å². The normalized spacial score (nSPS) is 10.4. The fourth-order valence-electron chi connectivity index (χ4n) is 1.48. The van der Waals surface area contributed by atoms with Crippen LogP contribution in [0.3, 0.4) is 0 Å². The van der Waals surface area contributed by atoms with Crippen molar-refractivity contribution in [3.8, 4) is 0 Å². The summed E-state index contributed by atoms with van der Waals surface area (Å²) in [6.07, 6.45) is 0. The summed E-state index contributed by atoms with van der Waals surface area (Å²) in [6, 6.07) is 6.22. The fraction of sp³-hybridized carbons (Fsp3) is 0.250. The number of hydrogen-bond acceptors (Lipinski definition) is 3. The van der Waals surface area contributed by atoms with Crippen LogP contribution in [0.4, 0.5) is 5.82 Å². The van der Waals surface area contributed by atoms with Crippen molar-refractivity contribution in [1.82, 2.24) is 4.98 Å². The first kappa shape index (κ1) is 11.6. The Morgan fingerprint density at radius 3 is 2.81 bits per heavy atom. The first-order valence-corrected chi connectivity index (χ1v) is 6.76. The van der Waals surface area contributed by atoms with E-state index in [0.29, 0.717) is 0 Å². The summed E-state index contributed by atoms with van der Waals surface area (Å²) in [4.78, 5) is 6.69. The van der Waals surface area contributed by atoms with Gasteiger partial charge in [0, 0.05) is 18.1 Å². The van der Waals surface area contributed by atoms with Gasteiger partial charge in [0.1, 0.15) is 5.82 Å². The van der Waals surface area contributed by atoms with Gasteiger partial charge in [-0.15, -0.1) is 0 Å². The zero-order valence-corrected chi connectivity index (χ0v) is 11.7. The molecule has 2 aromatic rings. The first-order chi connectivity index (χ1) is 7.66. The maximum Gasteiger partial charge on any atom is 0.128 e. The molecule has 2 aromatic heterocycles. The SMILES string of the molecule is Cc1nc(N(C)Cc2ccsc2)ccc1Br. The number of thiophene rings is 1. The van der Waals surface area contributed by atoms with Crippen LogP contribution in [0.1, 0.15) is 11.3 Å². The quantitative estimate of drug-likeness (QED) is 0.855. The molecule has 0 bridgehead atoms. The molecule has 0 amide bonds. The van der Waals surface area contributed by atoms with E-state index >= 15 is 0 Å². The van der Waals surface area contributed by atoms with E-state index in [1.54, 1.807) is 11.3 Å². The number of anilines is 1.